The Hall–Kier alpha value is -2.58. The second kappa shape index (κ2) is 7.54. The highest BCUT2D eigenvalue weighted by molar-refractivity contribution is 6.35. The van der Waals surface area contributed by atoms with Crippen molar-refractivity contribution in [2.24, 2.45) is 0 Å². The lowest BCUT2D eigenvalue weighted by atomic mass is 9.99. The van der Waals surface area contributed by atoms with Crippen molar-refractivity contribution in [2.45, 2.75) is 13.8 Å². The molecule has 2 nitrogen and oxygen atoms in total. The van der Waals surface area contributed by atoms with Gasteiger partial charge in [-0.1, -0.05) is 54.1 Å². The fraction of sp³-hybridized carbons (Fsp3) is 0.136. The molecule has 0 radical (unpaired) electrons. The summed E-state index contributed by atoms with van der Waals surface area (Å²) in [5, 5.41) is 0.472. The molecule has 0 unspecified atom stereocenters. The molecule has 3 aromatic rings. The van der Waals surface area contributed by atoms with Crippen LogP contribution in [0.3, 0.4) is 0 Å². The van der Waals surface area contributed by atoms with Gasteiger partial charge in [-0.05, 0) is 49.7 Å². The predicted octanol–water partition coefficient (Wildman–Crippen LogP) is 6.04. The van der Waals surface area contributed by atoms with Crippen LogP contribution in [0.2, 0.25) is 5.02 Å². The first kappa shape index (κ1) is 17.2. The monoisotopic (exact) mass is 349 g/mol. The molecular weight excluding hydrogens is 330 g/mol. The molecule has 0 N–H and O–H groups in total. The highest BCUT2D eigenvalue weighted by Gasteiger charge is 2.16. The summed E-state index contributed by atoms with van der Waals surface area (Å²) in [6, 6.07) is 23.3. The molecule has 3 aromatic carbocycles. The van der Waals surface area contributed by atoms with Crippen LogP contribution in [-0.2, 0) is 0 Å². The van der Waals surface area contributed by atoms with E-state index in [0.717, 1.165) is 23.5 Å². The van der Waals surface area contributed by atoms with E-state index < -0.39 is 0 Å². The summed E-state index contributed by atoms with van der Waals surface area (Å²) in [5.41, 5.74) is 4.24. The minimum atomic E-state index is -0.0441. The molecule has 126 valence electrons. The summed E-state index contributed by atoms with van der Waals surface area (Å²) in [6.45, 7) is 4.84. The number of halogens is 1. The Kier molecular flexibility index (Phi) is 5.20. The van der Waals surface area contributed by atoms with Gasteiger partial charge >= 0.3 is 0 Å². The fourth-order valence-corrected chi connectivity index (χ4v) is 3.21. The van der Waals surface area contributed by atoms with E-state index in [0.29, 0.717) is 16.1 Å². The zero-order valence-electron chi connectivity index (χ0n) is 14.4. The van der Waals surface area contributed by atoms with Gasteiger partial charge in [0.2, 0.25) is 0 Å². The fourth-order valence-electron chi connectivity index (χ4n) is 2.95. The van der Waals surface area contributed by atoms with E-state index in [4.69, 9.17) is 11.6 Å². The maximum absolute atomic E-state index is 12.8. The summed E-state index contributed by atoms with van der Waals surface area (Å²) < 4.78 is 0. The van der Waals surface area contributed by atoms with Crippen molar-refractivity contribution in [2.75, 3.05) is 11.4 Å². The molecule has 0 aliphatic heterocycles. The number of carbonyl (C=O) groups excluding carboxylic acids is 1. The van der Waals surface area contributed by atoms with E-state index in [1.54, 1.807) is 0 Å². The summed E-state index contributed by atoms with van der Waals surface area (Å²) in [6.07, 6.45) is 0. The largest absolute Gasteiger partial charge is 0.342 e. The minimum absolute atomic E-state index is 0.0441. The van der Waals surface area contributed by atoms with E-state index in [-0.39, 0.29) is 5.78 Å². The number of carbonyl (C=O) groups is 1. The van der Waals surface area contributed by atoms with Crippen LogP contribution in [0.15, 0.2) is 72.8 Å². The molecule has 3 heteroatoms. The predicted molar refractivity (Wildman–Crippen MR) is 105 cm³/mol. The van der Waals surface area contributed by atoms with Gasteiger partial charge in [0.25, 0.3) is 0 Å². The number of aryl methyl sites for hydroxylation is 1. The lowest BCUT2D eigenvalue weighted by Gasteiger charge is -2.24. The number of hydrogen-bond acceptors (Lipinski definition) is 2. The van der Waals surface area contributed by atoms with Crippen LogP contribution in [0.1, 0.15) is 28.4 Å². The van der Waals surface area contributed by atoms with E-state index in [1.807, 2.05) is 67.6 Å². The molecule has 0 saturated heterocycles. The third-order valence-electron chi connectivity index (χ3n) is 4.28. The summed E-state index contributed by atoms with van der Waals surface area (Å²) >= 11 is 6.47. The molecule has 25 heavy (non-hydrogen) atoms. The quantitative estimate of drug-likeness (QED) is 0.523. The average Bonchev–Trinajstić information content (AvgIpc) is 2.63. The van der Waals surface area contributed by atoms with Crippen molar-refractivity contribution < 1.29 is 4.79 Å². The molecule has 0 aliphatic rings. The Morgan fingerprint density at radius 1 is 0.880 bits per heavy atom. The van der Waals surface area contributed by atoms with E-state index in [2.05, 4.69) is 24.0 Å². The molecule has 0 saturated carbocycles. The first-order chi connectivity index (χ1) is 12.1. The zero-order chi connectivity index (χ0) is 17.8. The molecule has 0 amide bonds. The molecule has 0 spiro atoms. The summed E-state index contributed by atoms with van der Waals surface area (Å²) in [7, 11) is 0. The molecule has 0 aromatic heterocycles. The molecular formula is C22H20ClNO. The van der Waals surface area contributed by atoms with Gasteiger partial charge in [-0.2, -0.15) is 0 Å². The van der Waals surface area contributed by atoms with Crippen molar-refractivity contribution in [1.29, 1.82) is 0 Å². The number of ketones is 1. The highest BCUT2D eigenvalue weighted by Crippen LogP contribution is 2.30. The number of hydrogen-bond donors (Lipinski definition) is 0. The van der Waals surface area contributed by atoms with Gasteiger partial charge in [0.05, 0.1) is 5.02 Å². The zero-order valence-corrected chi connectivity index (χ0v) is 15.1. The highest BCUT2D eigenvalue weighted by atomic mass is 35.5. The number of rotatable bonds is 5. The Morgan fingerprint density at radius 3 is 2.20 bits per heavy atom. The number of benzene rings is 3. The Labute approximate surface area is 153 Å². The van der Waals surface area contributed by atoms with Gasteiger partial charge in [0, 0.05) is 29.0 Å². The van der Waals surface area contributed by atoms with Crippen LogP contribution in [0.4, 0.5) is 11.4 Å². The van der Waals surface area contributed by atoms with Crippen LogP contribution in [0, 0.1) is 6.92 Å². The van der Waals surface area contributed by atoms with E-state index >= 15 is 0 Å². The second-order valence-corrected chi connectivity index (χ2v) is 6.30. The Bertz CT molecular complexity index is 890. The topological polar surface area (TPSA) is 20.3 Å². The van der Waals surface area contributed by atoms with Gasteiger partial charge in [-0.3, -0.25) is 4.79 Å². The van der Waals surface area contributed by atoms with Gasteiger partial charge in [0.1, 0.15) is 0 Å². The van der Waals surface area contributed by atoms with Crippen LogP contribution < -0.4 is 4.90 Å². The van der Waals surface area contributed by atoms with E-state index in [1.165, 1.54) is 0 Å². The molecule has 3 rings (SSSR count). The maximum atomic E-state index is 12.8. The van der Waals surface area contributed by atoms with Crippen LogP contribution >= 0.6 is 11.6 Å². The van der Waals surface area contributed by atoms with Crippen molar-refractivity contribution in [3.8, 4) is 0 Å². The molecule has 0 fully saturated rings. The Balaban J connectivity index is 1.96. The molecule has 0 bridgehead atoms. The molecule has 0 aliphatic carbocycles. The SMILES string of the molecule is CCN(c1ccccc1)c1ccc(C(=O)c2ccccc2C)c(Cl)c1. The maximum Gasteiger partial charge on any atom is 0.194 e. The standard InChI is InChI=1S/C22H20ClNO/c1-3-24(17-10-5-4-6-11-17)18-13-14-20(21(23)15-18)22(25)19-12-8-7-9-16(19)2/h4-15H,3H2,1-2H3. The van der Waals surface area contributed by atoms with Gasteiger partial charge in [-0.15, -0.1) is 0 Å². The number of nitrogens with zero attached hydrogens (tertiary/aromatic N) is 1. The van der Waals surface area contributed by atoms with Crippen LogP contribution in [-0.4, -0.2) is 12.3 Å². The molecule has 0 atom stereocenters. The van der Waals surface area contributed by atoms with Gasteiger partial charge < -0.3 is 4.90 Å². The van der Waals surface area contributed by atoms with Crippen molar-refractivity contribution in [1.82, 2.24) is 0 Å². The van der Waals surface area contributed by atoms with Crippen molar-refractivity contribution >= 4 is 28.8 Å². The number of anilines is 2. The number of para-hydroxylation sites is 1. The van der Waals surface area contributed by atoms with Crippen molar-refractivity contribution in [3.63, 3.8) is 0 Å². The summed E-state index contributed by atoms with van der Waals surface area (Å²) in [5.74, 6) is -0.0441. The lowest BCUT2D eigenvalue weighted by molar-refractivity contribution is 0.103. The smallest absolute Gasteiger partial charge is 0.194 e. The second-order valence-electron chi connectivity index (χ2n) is 5.89. The molecule has 0 heterocycles. The normalized spacial score (nSPS) is 10.5. The third kappa shape index (κ3) is 3.59. The van der Waals surface area contributed by atoms with Crippen molar-refractivity contribution in [3.05, 3.63) is 94.5 Å². The van der Waals surface area contributed by atoms with Crippen LogP contribution in [0.5, 0.6) is 0 Å². The minimum Gasteiger partial charge on any atom is -0.342 e. The Morgan fingerprint density at radius 2 is 1.56 bits per heavy atom. The van der Waals surface area contributed by atoms with Gasteiger partial charge in [-0.25, -0.2) is 0 Å². The van der Waals surface area contributed by atoms with Crippen LogP contribution in [0.25, 0.3) is 0 Å². The summed E-state index contributed by atoms with van der Waals surface area (Å²) in [4.78, 5) is 15.0. The van der Waals surface area contributed by atoms with Gasteiger partial charge in [0.15, 0.2) is 5.78 Å². The lowest BCUT2D eigenvalue weighted by Crippen LogP contribution is -2.16. The average molecular weight is 350 g/mol. The van der Waals surface area contributed by atoms with E-state index in [9.17, 15) is 4.79 Å². The first-order valence-electron chi connectivity index (χ1n) is 8.34. The third-order valence-corrected chi connectivity index (χ3v) is 4.60. The first-order valence-corrected chi connectivity index (χ1v) is 8.72.